The topological polar surface area (TPSA) is 75.8 Å². The Morgan fingerprint density at radius 3 is 2.95 bits per heavy atom. The lowest BCUT2D eigenvalue weighted by atomic mass is 10.0. The molecule has 20 heavy (non-hydrogen) atoms. The smallest absolute Gasteiger partial charge is 0.226 e. The van der Waals surface area contributed by atoms with E-state index in [0.717, 1.165) is 13.0 Å². The average Bonchev–Trinajstić information content (AvgIpc) is 2.82. The van der Waals surface area contributed by atoms with Crippen molar-refractivity contribution in [3.63, 3.8) is 0 Å². The minimum atomic E-state index is -0.0516. The highest BCUT2D eigenvalue weighted by Crippen LogP contribution is 2.24. The molecule has 0 saturated carbocycles. The number of ether oxygens (including phenoxy) is 1. The third-order valence-corrected chi connectivity index (χ3v) is 3.88. The van der Waals surface area contributed by atoms with Gasteiger partial charge in [-0.2, -0.15) is 0 Å². The van der Waals surface area contributed by atoms with Crippen LogP contribution in [0.4, 0.5) is 5.69 Å². The van der Waals surface area contributed by atoms with Gasteiger partial charge < -0.3 is 20.5 Å². The first kappa shape index (κ1) is 14.7. The number of nitrogens with two attached hydrogens (primary N) is 1. The van der Waals surface area contributed by atoms with Gasteiger partial charge in [-0.3, -0.25) is 4.79 Å². The molecule has 1 aliphatic heterocycles. The molecule has 0 bridgehead atoms. The molecular formula is C15H22N2O3. The summed E-state index contributed by atoms with van der Waals surface area (Å²) in [7, 11) is 0. The van der Waals surface area contributed by atoms with Crippen LogP contribution in [0.5, 0.6) is 5.75 Å². The SMILES string of the molecule is CC1CCN(C(=O)CCOc2ccccc2N)C1CO. The van der Waals surface area contributed by atoms with Crippen LogP contribution in [0.3, 0.4) is 0 Å². The van der Waals surface area contributed by atoms with Gasteiger partial charge >= 0.3 is 0 Å². The molecule has 1 aromatic carbocycles. The molecule has 3 N–H and O–H groups in total. The summed E-state index contributed by atoms with van der Waals surface area (Å²) in [6.07, 6.45) is 1.25. The number of nitrogen functional groups attached to an aromatic ring is 1. The van der Waals surface area contributed by atoms with Crippen molar-refractivity contribution < 1.29 is 14.6 Å². The lowest BCUT2D eigenvalue weighted by molar-refractivity contribution is -0.133. The van der Waals surface area contributed by atoms with Gasteiger partial charge in [0.15, 0.2) is 0 Å². The highest BCUT2D eigenvalue weighted by Gasteiger charge is 2.33. The van der Waals surface area contributed by atoms with E-state index in [1.165, 1.54) is 0 Å². The van der Waals surface area contributed by atoms with E-state index in [-0.39, 0.29) is 18.6 Å². The standard InChI is InChI=1S/C15H22N2O3/c1-11-6-8-17(13(11)10-18)15(19)7-9-20-14-5-3-2-4-12(14)16/h2-5,11,13,18H,6-10,16H2,1H3. The van der Waals surface area contributed by atoms with Crippen LogP contribution < -0.4 is 10.5 Å². The van der Waals surface area contributed by atoms with Crippen molar-refractivity contribution in [1.29, 1.82) is 0 Å². The Morgan fingerprint density at radius 2 is 2.25 bits per heavy atom. The van der Waals surface area contributed by atoms with Crippen molar-refractivity contribution in [1.82, 2.24) is 4.90 Å². The quantitative estimate of drug-likeness (QED) is 0.795. The van der Waals surface area contributed by atoms with Gasteiger partial charge in [-0.1, -0.05) is 19.1 Å². The van der Waals surface area contributed by atoms with Crippen LogP contribution in [0.15, 0.2) is 24.3 Å². The number of nitrogens with zero attached hydrogens (tertiary/aromatic N) is 1. The van der Waals surface area contributed by atoms with E-state index in [9.17, 15) is 9.90 Å². The maximum atomic E-state index is 12.1. The van der Waals surface area contributed by atoms with Gasteiger partial charge in [0, 0.05) is 6.54 Å². The second-order valence-electron chi connectivity index (χ2n) is 5.24. The Hall–Kier alpha value is -1.75. The van der Waals surface area contributed by atoms with Crippen LogP contribution in [0.2, 0.25) is 0 Å². The van der Waals surface area contributed by atoms with E-state index >= 15 is 0 Å². The zero-order chi connectivity index (χ0) is 14.5. The first-order valence-electron chi connectivity index (χ1n) is 7.01. The van der Waals surface area contributed by atoms with E-state index in [0.29, 0.717) is 30.4 Å². The Bertz CT molecular complexity index is 464. The summed E-state index contributed by atoms with van der Waals surface area (Å²) >= 11 is 0. The van der Waals surface area contributed by atoms with Crippen LogP contribution in [0.1, 0.15) is 19.8 Å². The molecule has 5 heteroatoms. The fourth-order valence-electron chi connectivity index (χ4n) is 2.60. The highest BCUT2D eigenvalue weighted by molar-refractivity contribution is 5.77. The molecule has 0 aliphatic carbocycles. The summed E-state index contributed by atoms with van der Waals surface area (Å²) in [5, 5.41) is 9.35. The third kappa shape index (κ3) is 3.22. The van der Waals surface area contributed by atoms with Crippen molar-refractivity contribution in [3.05, 3.63) is 24.3 Å². The summed E-state index contributed by atoms with van der Waals surface area (Å²) in [4.78, 5) is 13.9. The summed E-state index contributed by atoms with van der Waals surface area (Å²) in [5.41, 5.74) is 6.34. The van der Waals surface area contributed by atoms with Crippen molar-refractivity contribution in [2.45, 2.75) is 25.8 Å². The normalized spacial score (nSPS) is 22.0. The molecule has 0 aromatic heterocycles. The summed E-state index contributed by atoms with van der Waals surface area (Å²) < 4.78 is 5.53. The summed E-state index contributed by atoms with van der Waals surface area (Å²) in [6, 6.07) is 7.18. The number of aliphatic hydroxyl groups is 1. The molecule has 1 fully saturated rings. The first-order valence-corrected chi connectivity index (χ1v) is 7.01. The van der Waals surface area contributed by atoms with E-state index < -0.39 is 0 Å². The zero-order valence-electron chi connectivity index (χ0n) is 11.8. The van der Waals surface area contributed by atoms with Gasteiger partial charge in [0.25, 0.3) is 0 Å². The number of anilines is 1. The minimum absolute atomic E-state index is 0.0272. The van der Waals surface area contributed by atoms with E-state index in [1.54, 1.807) is 17.0 Å². The molecule has 1 saturated heterocycles. The van der Waals surface area contributed by atoms with Crippen LogP contribution in [-0.2, 0) is 4.79 Å². The molecule has 2 rings (SSSR count). The molecule has 2 unspecified atom stereocenters. The molecular weight excluding hydrogens is 256 g/mol. The fraction of sp³-hybridized carbons (Fsp3) is 0.533. The number of para-hydroxylation sites is 2. The number of hydrogen-bond donors (Lipinski definition) is 2. The van der Waals surface area contributed by atoms with Gasteiger partial charge in [-0.05, 0) is 24.5 Å². The number of benzene rings is 1. The molecule has 0 radical (unpaired) electrons. The van der Waals surface area contributed by atoms with E-state index in [4.69, 9.17) is 10.5 Å². The molecule has 1 aromatic rings. The number of hydrogen-bond acceptors (Lipinski definition) is 4. The van der Waals surface area contributed by atoms with Gasteiger partial charge in [0.1, 0.15) is 5.75 Å². The van der Waals surface area contributed by atoms with Crippen LogP contribution in [0.25, 0.3) is 0 Å². The Kier molecular flexibility index (Phi) is 4.84. The van der Waals surface area contributed by atoms with Crippen molar-refractivity contribution in [2.24, 2.45) is 5.92 Å². The number of amides is 1. The van der Waals surface area contributed by atoms with Crippen LogP contribution >= 0.6 is 0 Å². The predicted octanol–water partition coefficient (Wildman–Crippen LogP) is 1.27. The molecule has 1 amide bonds. The Morgan fingerprint density at radius 1 is 1.50 bits per heavy atom. The lowest BCUT2D eigenvalue weighted by Crippen LogP contribution is -2.40. The monoisotopic (exact) mass is 278 g/mol. The fourth-order valence-corrected chi connectivity index (χ4v) is 2.60. The molecule has 5 nitrogen and oxygen atoms in total. The molecule has 0 spiro atoms. The average molecular weight is 278 g/mol. The van der Waals surface area contributed by atoms with Gasteiger partial charge in [-0.15, -0.1) is 0 Å². The maximum absolute atomic E-state index is 12.1. The van der Waals surface area contributed by atoms with Crippen LogP contribution in [0, 0.1) is 5.92 Å². The zero-order valence-corrected chi connectivity index (χ0v) is 11.8. The number of carbonyl (C=O) groups excluding carboxylic acids is 1. The summed E-state index contributed by atoms with van der Waals surface area (Å²) in [5.74, 6) is 0.992. The van der Waals surface area contributed by atoms with Crippen molar-refractivity contribution >= 4 is 11.6 Å². The van der Waals surface area contributed by atoms with E-state index in [1.807, 2.05) is 12.1 Å². The van der Waals surface area contributed by atoms with Gasteiger partial charge in [0.05, 0.1) is 31.4 Å². The second-order valence-corrected chi connectivity index (χ2v) is 5.24. The largest absolute Gasteiger partial charge is 0.491 e. The van der Waals surface area contributed by atoms with Crippen molar-refractivity contribution in [3.8, 4) is 5.75 Å². The third-order valence-electron chi connectivity index (χ3n) is 3.88. The lowest BCUT2D eigenvalue weighted by Gasteiger charge is -2.25. The van der Waals surface area contributed by atoms with Crippen LogP contribution in [-0.4, -0.2) is 41.7 Å². The van der Waals surface area contributed by atoms with E-state index in [2.05, 4.69) is 6.92 Å². The summed E-state index contributed by atoms with van der Waals surface area (Å²) in [6.45, 7) is 3.11. The number of rotatable bonds is 5. The van der Waals surface area contributed by atoms with Crippen molar-refractivity contribution in [2.75, 3.05) is 25.5 Å². The number of aliphatic hydroxyl groups excluding tert-OH is 1. The molecule has 1 aliphatic rings. The van der Waals surface area contributed by atoms with Gasteiger partial charge in [-0.25, -0.2) is 0 Å². The maximum Gasteiger partial charge on any atom is 0.226 e. The first-order chi connectivity index (χ1) is 9.63. The Labute approximate surface area is 119 Å². The highest BCUT2D eigenvalue weighted by atomic mass is 16.5. The molecule has 1 heterocycles. The molecule has 110 valence electrons. The molecule has 2 atom stereocenters. The minimum Gasteiger partial charge on any atom is -0.491 e. The number of likely N-dealkylation sites (tertiary alicyclic amines) is 1. The second kappa shape index (κ2) is 6.61. The number of carbonyl (C=O) groups is 1. The predicted molar refractivity (Wildman–Crippen MR) is 77.3 cm³/mol. The van der Waals surface area contributed by atoms with Gasteiger partial charge in [0.2, 0.25) is 5.91 Å². The Balaban J connectivity index is 1.82.